The standard InChI is InChI=1S/C15H26N6O8/c1-6(22)12(15(29)19-5-11(25)26)21-14(28)8(2-3-9(17)23)20-13(27)7(16)4-10(18)24/h6-8,12,22H,2-5,16H2,1H3,(H2,17,23)(H2,18,24)(H,19,29)(H,20,27)(H,21,28)(H,25,26). The molecule has 5 amide bonds. The summed E-state index contributed by atoms with van der Waals surface area (Å²) in [6.07, 6.45) is -2.49. The monoisotopic (exact) mass is 418 g/mol. The van der Waals surface area contributed by atoms with E-state index in [1.807, 2.05) is 5.32 Å². The predicted molar refractivity (Wildman–Crippen MR) is 96.4 cm³/mol. The first kappa shape index (κ1) is 25.7. The lowest BCUT2D eigenvalue weighted by molar-refractivity contribution is -0.139. The summed E-state index contributed by atoms with van der Waals surface area (Å²) in [5, 5.41) is 24.7. The van der Waals surface area contributed by atoms with Crippen molar-refractivity contribution < 1.29 is 39.0 Å². The molecular formula is C15H26N6O8. The molecule has 0 aromatic carbocycles. The van der Waals surface area contributed by atoms with Crippen LogP contribution in [0.25, 0.3) is 0 Å². The number of carboxylic acids is 1. The molecule has 0 rings (SSSR count). The Morgan fingerprint density at radius 1 is 0.931 bits per heavy atom. The van der Waals surface area contributed by atoms with Crippen molar-refractivity contribution in [2.24, 2.45) is 17.2 Å². The van der Waals surface area contributed by atoms with Crippen LogP contribution in [0.2, 0.25) is 0 Å². The number of primary amides is 2. The molecular weight excluding hydrogens is 392 g/mol. The molecule has 164 valence electrons. The van der Waals surface area contributed by atoms with Crippen molar-refractivity contribution in [3.8, 4) is 0 Å². The largest absolute Gasteiger partial charge is 0.480 e. The number of aliphatic hydroxyl groups is 1. The molecule has 14 heteroatoms. The molecule has 0 heterocycles. The number of nitrogens with two attached hydrogens (primary N) is 3. The van der Waals surface area contributed by atoms with E-state index in [0.29, 0.717) is 0 Å². The maximum Gasteiger partial charge on any atom is 0.322 e. The SMILES string of the molecule is CC(O)C(NC(=O)C(CCC(N)=O)NC(=O)C(N)CC(N)=O)C(=O)NCC(=O)O. The van der Waals surface area contributed by atoms with E-state index in [4.69, 9.17) is 22.3 Å². The number of amides is 5. The van der Waals surface area contributed by atoms with Crippen molar-refractivity contribution >= 4 is 35.5 Å². The van der Waals surface area contributed by atoms with Gasteiger partial charge in [-0.2, -0.15) is 0 Å². The fourth-order valence-corrected chi connectivity index (χ4v) is 2.08. The Balaban J connectivity index is 5.26. The summed E-state index contributed by atoms with van der Waals surface area (Å²) in [7, 11) is 0. The zero-order chi connectivity index (χ0) is 22.7. The maximum absolute atomic E-state index is 12.5. The first-order valence-corrected chi connectivity index (χ1v) is 8.45. The second-order valence-electron chi connectivity index (χ2n) is 6.18. The molecule has 11 N–H and O–H groups in total. The van der Waals surface area contributed by atoms with Gasteiger partial charge in [0, 0.05) is 6.42 Å². The first-order chi connectivity index (χ1) is 13.3. The summed E-state index contributed by atoms with van der Waals surface area (Å²) in [4.78, 5) is 68.9. The quantitative estimate of drug-likeness (QED) is 0.142. The van der Waals surface area contributed by atoms with Crippen LogP contribution in [-0.4, -0.2) is 76.5 Å². The minimum atomic E-state index is -1.55. The molecule has 0 aliphatic carbocycles. The molecule has 4 unspecified atom stereocenters. The van der Waals surface area contributed by atoms with Gasteiger partial charge in [0.1, 0.15) is 18.6 Å². The molecule has 0 spiro atoms. The van der Waals surface area contributed by atoms with Crippen LogP contribution in [0.1, 0.15) is 26.2 Å². The molecule has 0 aromatic heterocycles. The van der Waals surface area contributed by atoms with Crippen LogP contribution in [-0.2, 0) is 28.8 Å². The Bertz CT molecular complexity index is 653. The minimum absolute atomic E-state index is 0.264. The number of carboxylic acid groups (broad SMARTS) is 1. The average Bonchev–Trinajstić information content (AvgIpc) is 2.59. The van der Waals surface area contributed by atoms with Crippen LogP contribution in [0.5, 0.6) is 0 Å². The van der Waals surface area contributed by atoms with E-state index in [1.54, 1.807) is 0 Å². The number of aliphatic carboxylic acids is 1. The van der Waals surface area contributed by atoms with Gasteiger partial charge in [-0.1, -0.05) is 0 Å². The molecule has 0 radical (unpaired) electrons. The topological polar surface area (TPSA) is 257 Å². The zero-order valence-corrected chi connectivity index (χ0v) is 15.7. The van der Waals surface area contributed by atoms with Crippen molar-refractivity contribution in [1.82, 2.24) is 16.0 Å². The van der Waals surface area contributed by atoms with E-state index in [-0.39, 0.29) is 12.8 Å². The molecule has 0 aromatic rings. The number of hydrogen-bond donors (Lipinski definition) is 8. The van der Waals surface area contributed by atoms with Gasteiger partial charge in [0.15, 0.2) is 0 Å². The number of rotatable bonds is 13. The lowest BCUT2D eigenvalue weighted by atomic mass is 10.1. The molecule has 0 aliphatic heterocycles. The van der Waals surface area contributed by atoms with E-state index >= 15 is 0 Å². The lowest BCUT2D eigenvalue weighted by Crippen LogP contribution is -2.59. The third kappa shape index (κ3) is 10.6. The highest BCUT2D eigenvalue weighted by molar-refractivity contribution is 5.95. The molecule has 0 bridgehead atoms. The zero-order valence-electron chi connectivity index (χ0n) is 15.7. The highest BCUT2D eigenvalue weighted by Gasteiger charge is 2.31. The van der Waals surface area contributed by atoms with Crippen LogP contribution in [0.4, 0.5) is 0 Å². The molecule has 0 saturated carbocycles. The van der Waals surface area contributed by atoms with E-state index in [2.05, 4.69) is 10.6 Å². The highest BCUT2D eigenvalue weighted by atomic mass is 16.4. The van der Waals surface area contributed by atoms with Gasteiger partial charge < -0.3 is 43.4 Å². The van der Waals surface area contributed by atoms with Crippen molar-refractivity contribution in [2.75, 3.05) is 6.54 Å². The first-order valence-electron chi connectivity index (χ1n) is 8.45. The van der Waals surface area contributed by atoms with Gasteiger partial charge in [-0.25, -0.2) is 0 Å². The molecule has 0 aliphatic rings. The van der Waals surface area contributed by atoms with Crippen LogP contribution < -0.4 is 33.2 Å². The van der Waals surface area contributed by atoms with Crippen molar-refractivity contribution in [3.63, 3.8) is 0 Å². The maximum atomic E-state index is 12.5. The normalized spacial score (nSPS) is 14.6. The van der Waals surface area contributed by atoms with Crippen molar-refractivity contribution in [2.45, 2.75) is 50.4 Å². The van der Waals surface area contributed by atoms with Gasteiger partial charge in [0.25, 0.3) is 0 Å². The Morgan fingerprint density at radius 2 is 1.52 bits per heavy atom. The van der Waals surface area contributed by atoms with Crippen LogP contribution in [0, 0.1) is 0 Å². The van der Waals surface area contributed by atoms with Gasteiger partial charge in [0.05, 0.1) is 18.6 Å². The fraction of sp³-hybridized carbons (Fsp3) is 0.600. The van der Waals surface area contributed by atoms with Crippen molar-refractivity contribution in [1.29, 1.82) is 0 Å². The molecule has 0 saturated heterocycles. The second-order valence-corrected chi connectivity index (χ2v) is 6.18. The molecule has 29 heavy (non-hydrogen) atoms. The van der Waals surface area contributed by atoms with Gasteiger partial charge in [-0.15, -0.1) is 0 Å². The van der Waals surface area contributed by atoms with Crippen LogP contribution >= 0.6 is 0 Å². The van der Waals surface area contributed by atoms with Crippen LogP contribution in [0.15, 0.2) is 0 Å². The van der Waals surface area contributed by atoms with Gasteiger partial charge in [0.2, 0.25) is 29.5 Å². The smallest absolute Gasteiger partial charge is 0.322 e. The number of aliphatic hydroxyl groups excluding tert-OH is 1. The van der Waals surface area contributed by atoms with Crippen molar-refractivity contribution in [3.05, 3.63) is 0 Å². The number of carbonyl (C=O) groups is 6. The van der Waals surface area contributed by atoms with Gasteiger partial charge in [-0.05, 0) is 13.3 Å². The predicted octanol–water partition coefficient (Wildman–Crippen LogP) is -4.99. The lowest BCUT2D eigenvalue weighted by Gasteiger charge is -2.25. The molecule has 4 atom stereocenters. The summed E-state index contributed by atoms with van der Waals surface area (Å²) in [6, 6.07) is -4.29. The number of nitrogens with one attached hydrogen (secondary N) is 3. The van der Waals surface area contributed by atoms with E-state index in [0.717, 1.165) is 0 Å². The highest BCUT2D eigenvalue weighted by Crippen LogP contribution is 2.02. The summed E-state index contributed by atoms with van der Waals surface area (Å²) in [5.74, 6) is -5.84. The summed E-state index contributed by atoms with van der Waals surface area (Å²) >= 11 is 0. The minimum Gasteiger partial charge on any atom is -0.480 e. The third-order valence-electron chi connectivity index (χ3n) is 3.55. The molecule has 14 nitrogen and oxygen atoms in total. The Kier molecular flexibility index (Phi) is 10.9. The third-order valence-corrected chi connectivity index (χ3v) is 3.55. The number of hydrogen-bond acceptors (Lipinski definition) is 8. The Labute approximate surface area is 165 Å². The average molecular weight is 418 g/mol. The summed E-state index contributed by atoms with van der Waals surface area (Å²) in [6.45, 7) is 0.423. The summed E-state index contributed by atoms with van der Waals surface area (Å²) < 4.78 is 0. The van der Waals surface area contributed by atoms with E-state index in [1.165, 1.54) is 6.92 Å². The Morgan fingerprint density at radius 3 is 1.97 bits per heavy atom. The van der Waals surface area contributed by atoms with Crippen LogP contribution in [0.3, 0.4) is 0 Å². The second kappa shape index (κ2) is 12.2. The van der Waals surface area contributed by atoms with E-state index < -0.39 is 72.7 Å². The number of carbonyl (C=O) groups excluding carboxylic acids is 5. The Hall–Kier alpha value is -3.26. The van der Waals surface area contributed by atoms with Gasteiger partial charge in [-0.3, -0.25) is 28.8 Å². The fourth-order valence-electron chi connectivity index (χ4n) is 2.08. The summed E-state index contributed by atoms with van der Waals surface area (Å²) in [5.41, 5.74) is 15.5. The van der Waals surface area contributed by atoms with E-state index in [9.17, 15) is 33.9 Å². The van der Waals surface area contributed by atoms with Gasteiger partial charge >= 0.3 is 5.97 Å². The molecule has 0 fully saturated rings.